The van der Waals surface area contributed by atoms with Gasteiger partial charge in [-0.1, -0.05) is 12.1 Å². The Labute approximate surface area is 191 Å². The van der Waals surface area contributed by atoms with E-state index in [0.29, 0.717) is 31.0 Å². The highest BCUT2D eigenvalue weighted by Gasteiger charge is 2.51. The highest BCUT2D eigenvalue weighted by atomic mass is 19.3. The zero-order valence-electron chi connectivity index (χ0n) is 18.7. The lowest BCUT2D eigenvalue weighted by atomic mass is 9.67. The van der Waals surface area contributed by atoms with E-state index < -0.39 is 11.5 Å². The molecule has 0 saturated carbocycles. The summed E-state index contributed by atoms with van der Waals surface area (Å²) in [5.74, 6) is -2.89. The van der Waals surface area contributed by atoms with Gasteiger partial charge in [0.2, 0.25) is 5.91 Å². The number of aryl methyl sites for hydroxylation is 1. The molecule has 0 unspecified atom stereocenters. The molecule has 2 aromatic rings. The first-order chi connectivity index (χ1) is 15.7. The smallest absolute Gasteiger partial charge is 0.272 e. The predicted octanol–water partition coefficient (Wildman–Crippen LogP) is 3.93. The topological polar surface area (TPSA) is 90.3 Å². The first kappa shape index (κ1) is 21.8. The number of nitrogens with one attached hydrogen (secondary N) is 3. The van der Waals surface area contributed by atoms with E-state index in [1.807, 2.05) is 18.2 Å². The van der Waals surface area contributed by atoms with Gasteiger partial charge in [0.25, 0.3) is 5.92 Å². The van der Waals surface area contributed by atoms with Crippen LogP contribution in [-0.4, -0.2) is 41.0 Å². The number of carbonyl (C=O) groups excluding carboxylic acids is 1. The number of hydrogen-bond donors (Lipinski definition) is 3. The minimum atomic E-state index is -2.98. The van der Waals surface area contributed by atoms with Gasteiger partial charge in [0.1, 0.15) is 0 Å². The summed E-state index contributed by atoms with van der Waals surface area (Å²) in [7, 11) is 0. The second kappa shape index (κ2) is 7.76. The van der Waals surface area contributed by atoms with E-state index in [-0.39, 0.29) is 29.9 Å². The zero-order chi connectivity index (χ0) is 23.4. The standard InChI is InChI=1S/C24H27F2N5O2/c1-14-19(23(2,25)26)10-15(13-28-14)29-20-5-3-4-18-17(20)11-24(18)12-21(32)31(22(27)30-24)16-6-8-33-9-7-16/h3-5,10,13,16,29H,6-9,11-12H2,1-2H3,(H2,27,30)/t24-/m0/s1. The van der Waals surface area contributed by atoms with Gasteiger partial charge in [-0.25, -0.2) is 8.78 Å². The Kier molecular flexibility index (Phi) is 5.12. The van der Waals surface area contributed by atoms with E-state index in [1.165, 1.54) is 6.07 Å². The van der Waals surface area contributed by atoms with Crippen LogP contribution in [0.2, 0.25) is 0 Å². The van der Waals surface area contributed by atoms with Gasteiger partial charge in [-0.15, -0.1) is 0 Å². The van der Waals surface area contributed by atoms with E-state index in [1.54, 1.807) is 18.0 Å². The summed E-state index contributed by atoms with van der Waals surface area (Å²) in [4.78, 5) is 18.8. The summed E-state index contributed by atoms with van der Waals surface area (Å²) >= 11 is 0. The summed E-state index contributed by atoms with van der Waals surface area (Å²) in [6, 6.07) is 7.15. The van der Waals surface area contributed by atoms with Gasteiger partial charge >= 0.3 is 0 Å². The summed E-state index contributed by atoms with van der Waals surface area (Å²) in [6.07, 6.45) is 3.86. The molecule has 33 heavy (non-hydrogen) atoms. The maximum Gasteiger partial charge on any atom is 0.272 e. The number of amides is 1. The van der Waals surface area contributed by atoms with Crippen molar-refractivity contribution >= 4 is 23.2 Å². The number of guanidine groups is 1. The van der Waals surface area contributed by atoms with E-state index in [2.05, 4.69) is 15.6 Å². The van der Waals surface area contributed by atoms with Crippen LogP contribution in [0.5, 0.6) is 0 Å². The third-order valence-corrected chi connectivity index (χ3v) is 6.89. The molecule has 1 aromatic carbocycles. The highest BCUT2D eigenvalue weighted by molar-refractivity contribution is 6.00. The van der Waals surface area contributed by atoms with Gasteiger partial charge in [-0.05, 0) is 43.0 Å². The predicted molar refractivity (Wildman–Crippen MR) is 120 cm³/mol. The first-order valence-corrected chi connectivity index (χ1v) is 11.2. The molecule has 2 saturated heterocycles. The van der Waals surface area contributed by atoms with Crippen molar-refractivity contribution in [1.82, 2.24) is 15.2 Å². The number of halogens is 2. The Balaban J connectivity index is 1.38. The molecule has 3 aliphatic rings. The van der Waals surface area contributed by atoms with E-state index in [4.69, 9.17) is 10.1 Å². The normalized spacial score (nSPS) is 23.2. The Bertz CT molecular complexity index is 1110. The second-order valence-electron chi connectivity index (χ2n) is 9.22. The quantitative estimate of drug-likeness (QED) is 0.650. The lowest BCUT2D eigenvalue weighted by molar-refractivity contribution is -0.134. The largest absolute Gasteiger partial charge is 0.381 e. The molecule has 1 spiro atoms. The van der Waals surface area contributed by atoms with Gasteiger partial charge in [-0.3, -0.25) is 20.1 Å². The number of fused-ring (bicyclic) bond motifs is 2. The summed E-state index contributed by atoms with van der Waals surface area (Å²) < 4.78 is 33.2. The molecule has 1 aromatic heterocycles. The Morgan fingerprint density at radius 2 is 2.06 bits per heavy atom. The second-order valence-corrected chi connectivity index (χ2v) is 9.22. The van der Waals surface area contributed by atoms with Crippen molar-refractivity contribution in [1.29, 1.82) is 5.41 Å². The monoisotopic (exact) mass is 455 g/mol. The van der Waals surface area contributed by atoms with Crippen LogP contribution in [-0.2, 0) is 27.4 Å². The summed E-state index contributed by atoms with van der Waals surface area (Å²) in [5, 5.41) is 15.1. The first-order valence-electron chi connectivity index (χ1n) is 11.2. The molecule has 2 fully saturated rings. The molecule has 3 N–H and O–H groups in total. The maximum absolute atomic E-state index is 13.9. The van der Waals surface area contributed by atoms with Crippen molar-refractivity contribution in [3.63, 3.8) is 0 Å². The van der Waals surface area contributed by atoms with Crippen molar-refractivity contribution in [3.05, 3.63) is 52.8 Å². The molecule has 174 valence electrons. The third kappa shape index (κ3) is 3.74. The molecule has 3 heterocycles. The molecule has 0 bridgehead atoms. The summed E-state index contributed by atoms with van der Waals surface area (Å²) in [5.41, 5.74) is 2.83. The van der Waals surface area contributed by atoms with E-state index in [9.17, 15) is 13.6 Å². The molecule has 1 aliphatic carbocycles. The molecular formula is C24H27F2N5O2. The van der Waals surface area contributed by atoms with Gasteiger partial charge in [0.15, 0.2) is 5.96 Å². The van der Waals surface area contributed by atoms with Crippen molar-refractivity contribution in [2.75, 3.05) is 18.5 Å². The fourth-order valence-corrected chi connectivity index (χ4v) is 5.23. The van der Waals surface area contributed by atoms with Crippen LogP contribution in [0.4, 0.5) is 20.2 Å². The van der Waals surface area contributed by atoms with E-state index >= 15 is 0 Å². The van der Waals surface area contributed by atoms with Crippen molar-refractivity contribution < 1.29 is 18.3 Å². The average Bonchev–Trinajstić information content (AvgIpc) is 2.75. The number of pyridine rings is 1. The highest BCUT2D eigenvalue weighted by Crippen LogP contribution is 2.47. The molecular weight excluding hydrogens is 428 g/mol. The van der Waals surface area contributed by atoms with Gasteiger partial charge in [0, 0.05) is 49.5 Å². The van der Waals surface area contributed by atoms with Crippen molar-refractivity contribution in [2.24, 2.45) is 0 Å². The lowest BCUT2D eigenvalue weighted by Gasteiger charge is -2.51. The Hall–Kier alpha value is -3.07. The number of benzene rings is 1. The number of rotatable bonds is 4. The third-order valence-electron chi connectivity index (χ3n) is 6.89. The molecule has 2 aliphatic heterocycles. The number of ether oxygens (including phenoxy) is 1. The fourth-order valence-electron chi connectivity index (χ4n) is 5.23. The number of carbonyl (C=O) groups is 1. The number of hydrogen-bond acceptors (Lipinski definition) is 5. The van der Waals surface area contributed by atoms with Gasteiger partial charge in [-0.2, -0.15) is 0 Å². The minimum absolute atomic E-state index is 0.00363. The number of alkyl halides is 2. The van der Waals surface area contributed by atoms with Gasteiger partial charge < -0.3 is 15.4 Å². The van der Waals surface area contributed by atoms with Crippen LogP contribution in [0, 0.1) is 12.3 Å². The molecule has 0 radical (unpaired) electrons. The molecule has 7 nitrogen and oxygen atoms in total. The number of anilines is 2. The van der Waals surface area contributed by atoms with E-state index in [0.717, 1.165) is 36.6 Å². The van der Waals surface area contributed by atoms with Crippen LogP contribution in [0.1, 0.15) is 48.6 Å². The maximum atomic E-state index is 13.9. The Morgan fingerprint density at radius 1 is 1.30 bits per heavy atom. The van der Waals surface area contributed by atoms with Crippen molar-refractivity contribution in [2.45, 2.75) is 57.0 Å². The minimum Gasteiger partial charge on any atom is -0.381 e. The van der Waals surface area contributed by atoms with Crippen LogP contribution < -0.4 is 10.6 Å². The number of nitrogens with zero attached hydrogens (tertiary/aromatic N) is 2. The fraction of sp³-hybridized carbons (Fsp3) is 0.458. The average molecular weight is 456 g/mol. The summed E-state index contributed by atoms with van der Waals surface area (Å²) in [6.45, 7) is 3.64. The lowest BCUT2D eigenvalue weighted by Crippen LogP contribution is -2.66. The van der Waals surface area contributed by atoms with Crippen molar-refractivity contribution in [3.8, 4) is 0 Å². The van der Waals surface area contributed by atoms with Crippen LogP contribution >= 0.6 is 0 Å². The van der Waals surface area contributed by atoms with Gasteiger partial charge in [0.05, 0.1) is 23.8 Å². The molecule has 1 atom stereocenters. The van der Waals surface area contributed by atoms with Crippen LogP contribution in [0.3, 0.4) is 0 Å². The Morgan fingerprint density at radius 3 is 2.76 bits per heavy atom. The number of aromatic nitrogens is 1. The molecule has 9 heteroatoms. The zero-order valence-corrected chi connectivity index (χ0v) is 18.7. The SMILES string of the molecule is Cc1ncc(Nc2cccc3c2C[C@]32CC(=O)N(C3CCOCC3)C(=N)N2)cc1C(C)(F)F. The molecule has 5 rings (SSSR count). The van der Waals surface area contributed by atoms with Crippen LogP contribution in [0.15, 0.2) is 30.5 Å². The molecule has 1 amide bonds. The van der Waals surface area contributed by atoms with Crippen LogP contribution in [0.25, 0.3) is 0 Å².